The largest absolute Gasteiger partial charge is 0.354 e. The molecule has 7 heteroatoms. The molecule has 1 aromatic heterocycles. The fourth-order valence-electron chi connectivity index (χ4n) is 1.73. The molecule has 1 heterocycles. The van der Waals surface area contributed by atoms with Gasteiger partial charge in [-0.2, -0.15) is 0 Å². The molecule has 0 unspecified atom stereocenters. The van der Waals surface area contributed by atoms with Gasteiger partial charge in [0, 0.05) is 37.8 Å². The summed E-state index contributed by atoms with van der Waals surface area (Å²) in [4.78, 5) is 30.5. The lowest BCUT2D eigenvalue weighted by Gasteiger charge is -2.17. The van der Waals surface area contributed by atoms with E-state index in [0.29, 0.717) is 13.0 Å². The van der Waals surface area contributed by atoms with Crippen molar-refractivity contribution in [2.24, 2.45) is 5.73 Å². The van der Waals surface area contributed by atoms with Crippen molar-refractivity contribution >= 4 is 11.8 Å². The Morgan fingerprint density at radius 1 is 1.50 bits per heavy atom. The van der Waals surface area contributed by atoms with E-state index < -0.39 is 6.04 Å². The van der Waals surface area contributed by atoms with Crippen molar-refractivity contribution < 1.29 is 9.59 Å². The molecular formula is C13H23N5O2. The summed E-state index contributed by atoms with van der Waals surface area (Å²) in [6, 6.07) is -0.605. The van der Waals surface area contributed by atoms with Crippen LogP contribution in [0, 0.1) is 0 Å². The van der Waals surface area contributed by atoms with Crippen LogP contribution in [0.4, 0.5) is 0 Å². The highest BCUT2D eigenvalue weighted by Crippen LogP contribution is 2.00. The van der Waals surface area contributed by atoms with Gasteiger partial charge in [-0.25, -0.2) is 4.98 Å². The van der Waals surface area contributed by atoms with Crippen molar-refractivity contribution in [2.75, 3.05) is 13.1 Å². The van der Waals surface area contributed by atoms with Gasteiger partial charge in [0.15, 0.2) is 0 Å². The van der Waals surface area contributed by atoms with E-state index in [2.05, 4.69) is 27.5 Å². The smallest absolute Gasteiger partial charge is 0.242 e. The summed E-state index contributed by atoms with van der Waals surface area (Å²) in [6.45, 7) is 2.93. The topological polar surface area (TPSA) is 113 Å². The summed E-state index contributed by atoms with van der Waals surface area (Å²) in [5, 5.41) is 5.53. The predicted molar refractivity (Wildman–Crippen MR) is 75.8 cm³/mol. The first-order chi connectivity index (χ1) is 9.67. The van der Waals surface area contributed by atoms with Gasteiger partial charge >= 0.3 is 0 Å². The number of aromatic amines is 1. The lowest BCUT2D eigenvalue weighted by Crippen LogP contribution is -2.48. The van der Waals surface area contributed by atoms with E-state index in [0.717, 1.165) is 18.5 Å². The molecule has 1 rings (SSSR count). The van der Waals surface area contributed by atoms with Crippen LogP contribution >= 0.6 is 0 Å². The van der Waals surface area contributed by atoms with Gasteiger partial charge in [0.2, 0.25) is 11.8 Å². The SMILES string of the molecule is CCCCNC(=O)[C@H](Cc1cnc[nH]1)NC(=O)CCN. The second kappa shape index (κ2) is 9.08. The van der Waals surface area contributed by atoms with Gasteiger partial charge in [0.25, 0.3) is 0 Å². The number of amides is 2. The average Bonchev–Trinajstić information content (AvgIpc) is 2.91. The maximum absolute atomic E-state index is 12.1. The monoisotopic (exact) mass is 281 g/mol. The third-order valence-electron chi connectivity index (χ3n) is 2.83. The van der Waals surface area contributed by atoms with E-state index in [1.54, 1.807) is 12.5 Å². The van der Waals surface area contributed by atoms with Crippen molar-refractivity contribution in [1.82, 2.24) is 20.6 Å². The van der Waals surface area contributed by atoms with E-state index in [-0.39, 0.29) is 24.8 Å². The second-order valence-corrected chi connectivity index (χ2v) is 4.58. The van der Waals surface area contributed by atoms with Gasteiger partial charge in [-0.15, -0.1) is 0 Å². The summed E-state index contributed by atoms with van der Waals surface area (Å²) in [7, 11) is 0. The maximum Gasteiger partial charge on any atom is 0.242 e. The molecular weight excluding hydrogens is 258 g/mol. The Morgan fingerprint density at radius 3 is 2.90 bits per heavy atom. The van der Waals surface area contributed by atoms with Crippen LogP contribution < -0.4 is 16.4 Å². The lowest BCUT2D eigenvalue weighted by atomic mass is 10.1. The van der Waals surface area contributed by atoms with E-state index in [9.17, 15) is 9.59 Å². The normalized spacial score (nSPS) is 11.9. The Morgan fingerprint density at radius 2 is 2.30 bits per heavy atom. The zero-order valence-corrected chi connectivity index (χ0v) is 11.8. The van der Waals surface area contributed by atoms with E-state index in [4.69, 9.17) is 5.73 Å². The minimum atomic E-state index is -0.605. The molecule has 2 amide bonds. The number of imidazole rings is 1. The number of rotatable bonds is 9. The first-order valence-corrected chi connectivity index (χ1v) is 6.91. The Hall–Kier alpha value is -1.89. The molecule has 0 spiro atoms. The predicted octanol–water partition coefficient (Wildman–Crippen LogP) is -0.298. The number of unbranched alkanes of at least 4 members (excludes halogenated alkanes) is 1. The quantitative estimate of drug-likeness (QED) is 0.465. The molecule has 0 saturated carbocycles. The van der Waals surface area contributed by atoms with Gasteiger partial charge in [-0.1, -0.05) is 13.3 Å². The maximum atomic E-state index is 12.1. The van der Waals surface area contributed by atoms with Crippen molar-refractivity contribution in [2.45, 2.75) is 38.6 Å². The lowest BCUT2D eigenvalue weighted by molar-refractivity contribution is -0.128. The van der Waals surface area contributed by atoms with Crippen LogP contribution in [0.15, 0.2) is 12.5 Å². The van der Waals surface area contributed by atoms with Crippen molar-refractivity contribution in [3.63, 3.8) is 0 Å². The molecule has 20 heavy (non-hydrogen) atoms. The Bertz CT molecular complexity index is 405. The molecule has 5 N–H and O–H groups in total. The summed E-state index contributed by atoms with van der Waals surface area (Å²) < 4.78 is 0. The number of aromatic nitrogens is 2. The van der Waals surface area contributed by atoms with Gasteiger partial charge in [0.1, 0.15) is 6.04 Å². The third-order valence-corrected chi connectivity index (χ3v) is 2.83. The molecule has 0 aromatic carbocycles. The zero-order chi connectivity index (χ0) is 14.8. The van der Waals surface area contributed by atoms with Crippen molar-refractivity contribution in [1.29, 1.82) is 0 Å². The highest BCUT2D eigenvalue weighted by molar-refractivity contribution is 5.87. The Balaban J connectivity index is 2.57. The molecule has 112 valence electrons. The molecule has 7 nitrogen and oxygen atoms in total. The number of hydrogen-bond donors (Lipinski definition) is 4. The fourth-order valence-corrected chi connectivity index (χ4v) is 1.73. The molecule has 0 aliphatic carbocycles. The average molecular weight is 281 g/mol. The van der Waals surface area contributed by atoms with Crippen LogP contribution in [0.2, 0.25) is 0 Å². The highest BCUT2D eigenvalue weighted by Gasteiger charge is 2.21. The molecule has 1 atom stereocenters. The van der Waals surface area contributed by atoms with Gasteiger partial charge in [-0.3, -0.25) is 9.59 Å². The van der Waals surface area contributed by atoms with Crippen LogP contribution in [0.25, 0.3) is 0 Å². The molecule has 0 aliphatic heterocycles. The third kappa shape index (κ3) is 5.83. The van der Waals surface area contributed by atoms with Crippen molar-refractivity contribution in [3.05, 3.63) is 18.2 Å². The summed E-state index contributed by atoms with van der Waals surface area (Å²) >= 11 is 0. The first kappa shape index (κ1) is 16.2. The molecule has 0 fully saturated rings. The number of nitrogens with one attached hydrogen (secondary N) is 3. The molecule has 1 aromatic rings. The molecule has 0 radical (unpaired) electrons. The number of hydrogen-bond acceptors (Lipinski definition) is 4. The van der Waals surface area contributed by atoms with Crippen LogP contribution in [0.5, 0.6) is 0 Å². The zero-order valence-electron chi connectivity index (χ0n) is 11.8. The summed E-state index contributed by atoms with van der Waals surface area (Å²) in [6.07, 6.45) is 5.70. The Kier molecular flexibility index (Phi) is 7.34. The van der Waals surface area contributed by atoms with E-state index in [1.807, 2.05) is 0 Å². The van der Waals surface area contributed by atoms with E-state index in [1.165, 1.54) is 0 Å². The highest BCUT2D eigenvalue weighted by atomic mass is 16.2. The van der Waals surface area contributed by atoms with Crippen LogP contribution in [-0.4, -0.2) is 40.9 Å². The fraction of sp³-hybridized carbons (Fsp3) is 0.615. The molecule has 0 bridgehead atoms. The van der Waals surface area contributed by atoms with Crippen LogP contribution in [0.3, 0.4) is 0 Å². The summed E-state index contributed by atoms with van der Waals surface area (Å²) in [5.74, 6) is -0.402. The minimum Gasteiger partial charge on any atom is -0.354 e. The number of carbonyl (C=O) groups excluding carboxylic acids is 2. The van der Waals surface area contributed by atoms with Gasteiger partial charge in [-0.05, 0) is 6.42 Å². The van der Waals surface area contributed by atoms with Gasteiger partial charge in [0.05, 0.1) is 6.33 Å². The second-order valence-electron chi connectivity index (χ2n) is 4.58. The standard InChI is InChI=1S/C13H23N5O2/c1-2-3-6-16-13(20)11(18-12(19)4-5-14)7-10-8-15-9-17-10/h8-9,11H,2-7,14H2,1H3,(H,15,17)(H,16,20)(H,18,19)/t11-/m0/s1. The van der Waals surface area contributed by atoms with Crippen LogP contribution in [0.1, 0.15) is 31.9 Å². The molecule has 0 aliphatic rings. The van der Waals surface area contributed by atoms with Gasteiger partial charge < -0.3 is 21.4 Å². The number of carbonyl (C=O) groups is 2. The molecule has 0 saturated heterocycles. The van der Waals surface area contributed by atoms with E-state index >= 15 is 0 Å². The van der Waals surface area contributed by atoms with Crippen LogP contribution in [-0.2, 0) is 16.0 Å². The Labute approximate surface area is 118 Å². The number of nitrogens with two attached hydrogens (primary N) is 1. The van der Waals surface area contributed by atoms with Crippen molar-refractivity contribution in [3.8, 4) is 0 Å². The minimum absolute atomic E-state index is 0.182. The number of H-pyrrole nitrogens is 1. The number of nitrogens with zero attached hydrogens (tertiary/aromatic N) is 1. The summed E-state index contributed by atoms with van der Waals surface area (Å²) in [5.41, 5.74) is 6.14. The first-order valence-electron chi connectivity index (χ1n) is 6.91.